The Balaban J connectivity index is 1.92. The maximum Gasteiger partial charge on any atom is 0.326 e. The molecule has 8 nitrogen and oxygen atoms in total. The number of aliphatic carboxylic acids is 2. The van der Waals surface area contributed by atoms with Crippen LogP contribution in [0, 0.1) is 11.8 Å². The van der Waals surface area contributed by atoms with E-state index in [1.165, 1.54) is 18.3 Å². The third-order valence-electron chi connectivity index (χ3n) is 3.79. The highest BCUT2D eigenvalue weighted by molar-refractivity contribution is 5.85. The van der Waals surface area contributed by atoms with Crippen LogP contribution in [0.1, 0.15) is 18.4 Å². The number of carbonyl (C=O) groups excluding carboxylic acids is 1. The largest absolute Gasteiger partial charge is 0.481 e. The molecule has 1 aliphatic carbocycles. The molecule has 0 radical (unpaired) electrons. The predicted molar refractivity (Wildman–Crippen MR) is 74.2 cm³/mol. The van der Waals surface area contributed by atoms with E-state index in [9.17, 15) is 24.3 Å². The highest BCUT2D eigenvalue weighted by Gasteiger charge is 2.42. The first-order chi connectivity index (χ1) is 10.4. The number of nitrogens with one attached hydrogen (secondary N) is 2. The summed E-state index contributed by atoms with van der Waals surface area (Å²) >= 11 is 0. The molecule has 1 fully saturated rings. The summed E-state index contributed by atoms with van der Waals surface area (Å²) < 4.78 is 0. The number of rotatable bonds is 6. The Labute approximate surface area is 125 Å². The van der Waals surface area contributed by atoms with E-state index in [0.29, 0.717) is 5.56 Å². The smallest absolute Gasteiger partial charge is 0.326 e. The number of H-pyrrole nitrogens is 1. The fourth-order valence-electron chi connectivity index (χ4n) is 2.48. The van der Waals surface area contributed by atoms with Crippen LogP contribution in [0.3, 0.4) is 0 Å². The van der Waals surface area contributed by atoms with Crippen LogP contribution in [0.15, 0.2) is 23.1 Å². The van der Waals surface area contributed by atoms with Crippen LogP contribution in [-0.2, 0) is 20.8 Å². The van der Waals surface area contributed by atoms with Crippen molar-refractivity contribution >= 4 is 17.8 Å². The number of hydrogen-bond donors (Lipinski definition) is 4. The molecular formula is C14H16N2O6. The van der Waals surface area contributed by atoms with Crippen LogP contribution in [0.2, 0.25) is 0 Å². The van der Waals surface area contributed by atoms with E-state index in [1.54, 1.807) is 0 Å². The third-order valence-corrected chi connectivity index (χ3v) is 3.79. The van der Waals surface area contributed by atoms with E-state index in [4.69, 9.17) is 5.11 Å². The van der Waals surface area contributed by atoms with Crippen molar-refractivity contribution < 1.29 is 24.6 Å². The van der Waals surface area contributed by atoms with Crippen molar-refractivity contribution in [3.8, 4) is 0 Å². The normalized spacial score (nSPS) is 21.5. The van der Waals surface area contributed by atoms with E-state index in [0.717, 1.165) is 0 Å². The minimum atomic E-state index is -1.18. The monoisotopic (exact) mass is 308 g/mol. The molecular weight excluding hydrogens is 292 g/mol. The zero-order chi connectivity index (χ0) is 16.3. The maximum atomic E-state index is 11.9. The first kappa shape index (κ1) is 15.7. The molecule has 118 valence electrons. The number of carboxylic acid groups (broad SMARTS) is 2. The van der Waals surface area contributed by atoms with Gasteiger partial charge in [-0.3, -0.25) is 14.4 Å². The van der Waals surface area contributed by atoms with Crippen LogP contribution in [-0.4, -0.2) is 39.1 Å². The van der Waals surface area contributed by atoms with Gasteiger partial charge in [-0.05, 0) is 24.3 Å². The van der Waals surface area contributed by atoms with Gasteiger partial charge in [-0.2, -0.15) is 0 Å². The molecule has 2 rings (SSSR count). The van der Waals surface area contributed by atoms with Crippen molar-refractivity contribution in [2.45, 2.75) is 25.3 Å². The van der Waals surface area contributed by atoms with Crippen LogP contribution < -0.4 is 10.9 Å². The number of pyridine rings is 1. The fraction of sp³-hybridized carbons (Fsp3) is 0.429. The minimum absolute atomic E-state index is 0.0599. The molecule has 1 heterocycles. The van der Waals surface area contributed by atoms with E-state index >= 15 is 0 Å². The number of amides is 1. The van der Waals surface area contributed by atoms with E-state index in [2.05, 4.69) is 10.3 Å². The van der Waals surface area contributed by atoms with Gasteiger partial charge in [0.25, 0.3) is 0 Å². The van der Waals surface area contributed by atoms with E-state index in [-0.39, 0.29) is 30.7 Å². The number of carboxylic acids is 2. The quantitative estimate of drug-likeness (QED) is 0.564. The lowest BCUT2D eigenvalue weighted by Gasteiger charge is -2.36. The molecule has 1 atom stereocenters. The fourth-order valence-corrected chi connectivity index (χ4v) is 2.48. The van der Waals surface area contributed by atoms with Gasteiger partial charge in [0.15, 0.2) is 0 Å². The average molecular weight is 308 g/mol. The van der Waals surface area contributed by atoms with Gasteiger partial charge in [0.1, 0.15) is 6.04 Å². The summed E-state index contributed by atoms with van der Waals surface area (Å²) in [7, 11) is 0. The van der Waals surface area contributed by atoms with Gasteiger partial charge in [0.2, 0.25) is 11.5 Å². The Kier molecular flexibility index (Phi) is 4.59. The average Bonchev–Trinajstić information content (AvgIpc) is 2.38. The highest BCUT2D eigenvalue weighted by Crippen LogP contribution is 2.36. The van der Waals surface area contributed by atoms with Gasteiger partial charge in [-0.15, -0.1) is 0 Å². The molecule has 0 aliphatic heterocycles. The Morgan fingerprint density at radius 2 is 1.95 bits per heavy atom. The number of aromatic amines is 1. The van der Waals surface area contributed by atoms with Crippen molar-refractivity contribution in [1.82, 2.24) is 10.3 Å². The molecule has 1 aromatic heterocycles. The lowest BCUT2D eigenvalue weighted by Crippen LogP contribution is -2.51. The van der Waals surface area contributed by atoms with Gasteiger partial charge in [-0.25, -0.2) is 4.79 Å². The van der Waals surface area contributed by atoms with Crippen molar-refractivity contribution in [2.75, 3.05) is 0 Å². The minimum Gasteiger partial charge on any atom is -0.481 e. The zero-order valence-corrected chi connectivity index (χ0v) is 11.6. The van der Waals surface area contributed by atoms with Crippen molar-refractivity contribution in [1.29, 1.82) is 0 Å². The lowest BCUT2D eigenvalue weighted by atomic mass is 9.71. The van der Waals surface area contributed by atoms with Gasteiger partial charge < -0.3 is 20.5 Å². The molecule has 0 saturated heterocycles. The molecule has 0 spiro atoms. The maximum absolute atomic E-state index is 11.9. The van der Waals surface area contributed by atoms with E-state index in [1.807, 2.05) is 0 Å². The molecule has 1 aliphatic rings. The third kappa shape index (κ3) is 3.72. The predicted octanol–water partition coefficient (Wildman–Crippen LogP) is -0.402. The van der Waals surface area contributed by atoms with Gasteiger partial charge in [0, 0.05) is 12.3 Å². The highest BCUT2D eigenvalue weighted by atomic mass is 16.4. The van der Waals surface area contributed by atoms with Crippen molar-refractivity contribution in [3.63, 3.8) is 0 Å². The second-order valence-electron chi connectivity index (χ2n) is 5.39. The summed E-state index contributed by atoms with van der Waals surface area (Å²) in [5.41, 5.74) is 0.264. The Hall–Kier alpha value is -2.64. The molecule has 1 amide bonds. The summed E-state index contributed by atoms with van der Waals surface area (Å²) in [6.07, 6.45) is 1.81. The molecule has 0 bridgehead atoms. The van der Waals surface area contributed by atoms with Crippen LogP contribution in [0.5, 0.6) is 0 Å². The van der Waals surface area contributed by atoms with E-state index < -0.39 is 29.8 Å². The molecule has 4 N–H and O–H groups in total. The van der Waals surface area contributed by atoms with Crippen LogP contribution in [0.4, 0.5) is 0 Å². The number of hydrogen-bond acceptors (Lipinski definition) is 4. The lowest BCUT2D eigenvalue weighted by molar-refractivity contribution is -0.152. The van der Waals surface area contributed by atoms with Crippen molar-refractivity contribution in [2.24, 2.45) is 11.8 Å². The molecule has 1 aromatic rings. The standard InChI is InChI=1S/C14H16N2O6/c17-10-2-1-7(6-15-10)3-11(18)16-12(14(21)22)8-4-9(5-8)13(19)20/h1-2,6,8-9,12H,3-5H2,(H,15,17)(H,16,18)(H,19,20)(H,21,22). The van der Waals surface area contributed by atoms with Crippen molar-refractivity contribution in [3.05, 3.63) is 34.2 Å². The molecule has 1 unspecified atom stereocenters. The van der Waals surface area contributed by atoms with Crippen LogP contribution in [0.25, 0.3) is 0 Å². The Bertz CT molecular complexity index is 626. The summed E-state index contributed by atoms with van der Waals surface area (Å²) in [6.45, 7) is 0. The second kappa shape index (κ2) is 6.42. The Morgan fingerprint density at radius 3 is 2.45 bits per heavy atom. The molecule has 8 heteroatoms. The van der Waals surface area contributed by atoms with Gasteiger partial charge >= 0.3 is 11.9 Å². The first-order valence-corrected chi connectivity index (χ1v) is 6.79. The van der Waals surface area contributed by atoms with Gasteiger partial charge in [0.05, 0.1) is 12.3 Å². The first-order valence-electron chi connectivity index (χ1n) is 6.79. The van der Waals surface area contributed by atoms with Crippen LogP contribution >= 0.6 is 0 Å². The van der Waals surface area contributed by atoms with Gasteiger partial charge in [-0.1, -0.05) is 6.07 Å². The Morgan fingerprint density at radius 1 is 1.27 bits per heavy atom. The number of carbonyl (C=O) groups is 3. The molecule has 1 saturated carbocycles. The molecule has 22 heavy (non-hydrogen) atoms. The second-order valence-corrected chi connectivity index (χ2v) is 5.39. The number of aromatic nitrogens is 1. The summed E-state index contributed by atoms with van der Waals surface area (Å²) in [5.74, 6) is -3.53. The summed E-state index contributed by atoms with van der Waals surface area (Å²) in [4.78, 5) is 47.2. The molecule has 0 aromatic carbocycles. The topological polar surface area (TPSA) is 137 Å². The SMILES string of the molecule is O=C(Cc1ccc(=O)[nH]c1)NC(C(=O)O)C1CC(C(=O)O)C1. The summed E-state index contributed by atoms with van der Waals surface area (Å²) in [6, 6.07) is 1.67. The zero-order valence-electron chi connectivity index (χ0n) is 11.6. The summed E-state index contributed by atoms with van der Waals surface area (Å²) in [5, 5.41) is 20.4.